The predicted octanol–water partition coefficient (Wildman–Crippen LogP) is 2.46. The van der Waals surface area contributed by atoms with Gasteiger partial charge >= 0.3 is 0 Å². The molecular formula is C19H19ClN6O2. The van der Waals surface area contributed by atoms with Crippen LogP contribution in [-0.4, -0.2) is 57.2 Å². The zero-order valence-corrected chi connectivity index (χ0v) is 15.9. The van der Waals surface area contributed by atoms with Crippen molar-refractivity contribution in [1.29, 1.82) is 0 Å². The summed E-state index contributed by atoms with van der Waals surface area (Å²) in [5.74, 6) is 1.67. The zero-order valence-electron chi connectivity index (χ0n) is 15.2. The van der Waals surface area contributed by atoms with Crippen LogP contribution in [0.5, 0.6) is 0 Å². The molecule has 3 heterocycles. The summed E-state index contributed by atoms with van der Waals surface area (Å²) >= 11 is 5.89. The Kier molecular flexibility index (Phi) is 5.48. The Balaban J connectivity index is 1.28. The van der Waals surface area contributed by atoms with E-state index in [-0.39, 0.29) is 5.91 Å². The summed E-state index contributed by atoms with van der Waals surface area (Å²) in [4.78, 5) is 25.0. The van der Waals surface area contributed by atoms with E-state index in [0.717, 1.165) is 18.7 Å². The van der Waals surface area contributed by atoms with Gasteiger partial charge in [-0.2, -0.15) is 0 Å². The van der Waals surface area contributed by atoms with Crippen LogP contribution >= 0.6 is 11.6 Å². The molecule has 0 saturated carbocycles. The van der Waals surface area contributed by atoms with Gasteiger partial charge in [0.2, 0.25) is 23.6 Å². The summed E-state index contributed by atoms with van der Waals surface area (Å²) in [7, 11) is 0. The van der Waals surface area contributed by atoms with Crippen LogP contribution in [0.1, 0.15) is 12.3 Å². The number of benzene rings is 1. The van der Waals surface area contributed by atoms with Crippen LogP contribution in [0.2, 0.25) is 5.02 Å². The number of hydrogen-bond donors (Lipinski definition) is 0. The summed E-state index contributed by atoms with van der Waals surface area (Å²) in [5.41, 5.74) is 0.800. The number of halogens is 1. The fraction of sp³-hybridized carbons (Fsp3) is 0.316. The molecule has 1 aliphatic rings. The second kappa shape index (κ2) is 8.35. The van der Waals surface area contributed by atoms with Crippen LogP contribution in [-0.2, 0) is 11.2 Å². The van der Waals surface area contributed by atoms with Gasteiger partial charge in [-0.15, -0.1) is 10.2 Å². The van der Waals surface area contributed by atoms with Crippen molar-refractivity contribution in [2.45, 2.75) is 12.8 Å². The van der Waals surface area contributed by atoms with Crippen molar-refractivity contribution in [2.24, 2.45) is 0 Å². The van der Waals surface area contributed by atoms with Gasteiger partial charge in [-0.05, 0) is 30.3 Å². The lowest BCUT2D eigenvalue weighted by Gasteiger charge is -2.34. The van der Waals surface area contributed by atoms with Crippen LogP contribution in [0.4, 0.5) is 5.95 Å². The van der Waals surface area contributed by atoms with Crippen LogP contribution in [0.25, 0.3) is 11.5 Å². The van der Waals surface area contributed by atoms with Crippen molar-refractivity contribution < 1.29 is 9.21 Å². The molecule has 0 unspecified atom stereocenters. The highest BCUT2D eigenvalue weighted by Crippen LogP contribution is 2.20. The zero-order chi connectivity index (χ0) is 19.3. The number of carbonyl (C=O) groups excluding carboxylic acids is 1. The summed E-state index contributed by atoms with van der Waals surface area (Å²) in [6.07, 6.45) is 4.20. The van der Waals surface area contributed by atoms with Gasteiger partial charge in [-0.25, -0.2) is 9.97 Å². The highest BCUT2D eigenvalue weighted by Gasteiger charge is 2.22. The molecule has 0 aliphatic carbocycles. The number of piperazine rings is 1. The Hall–Kier alpha value is -3.00. The molecule has 1 amide bonds. The third-order valence-corrected chi connectivity index (χ3v) is 4.83. The molecular weight excluding hydrogens is 380 g/mol. The Morgan fingerprint density at radius 3 is 2.46 bits per heavy atom. The molecule has 1 saturated heterocycles. The van der Waals surface area contributed by atoms with Crippen molar-refractivity contribution in [3.8, 4) is 11.5 Å². The van der Waals surface area contributed by atoms with E-state index >= 15 is 0 Å². The van der Waals surface area contributed by atoms with E-state index < -0.39 is 0 Å². The summed E-state index contributed by atoms with van der Waals surface area (Å²) in [6.45, 7) is 2.74. The number of hydrogen-bond acceptors (Lipinski definition) is 7. The first-order valence-corrected chi connectivity index (χ1v) is 9.45. The van der Waals surface area contributed by atoms with Gasteiger partial charge in [-0.1, -0.05) is 11.6 Å². The van der Waals surface area contributed by atoms with Gasteiger partial charge < -0.3 is 14.2 Å². The van der Waals surface area contributed by atoms with E-state index in [2.05, 4.69) is 25.1 Å². The Labute approximate surface area is 167 Å². The van der Waals surface area contributed by atoms with Gasteiger partial charge in [0.25, 0.3) is 0 Å². The van der Waals surface area contributed by atoms with E-state index in [0.29, 0.717) is 48.7 Å². The van der Waals surface area contributed by atoms with E-state index in [4.69, 9.17) is 16.0 Å². The third kappa shape index (κ3) is 4.28. The lowest BCUT2D eigenvalue weighted by molar-refractivity contribution is -0.131. The first kappa shape index (κ1) is 18.4. The maximum atomic E-state index is 12.5. The highest BCUT2D eigenvalue weighted by molar-refractivity contribution is 6.30. The van der Waals surface area contributed by atoms with Gasteiger partial charge in [0.05, 0.1) is 0 Å². The lowest BCUT2D eigenvalue weighted by Crippen LogP contribution is -2.49. The lowest BCUT2D eigenvalue weighted by atomic mass is 10.2. The first-order valence-electron chi connectivity index (χ1n) is 9.07. The topological polar surface area (TPSA) is 88.3 Å². The van der Waals surface area contributed by atoms with Crippen LogP contribution in [0, 0.1) is 0 Å². The molecule has 1 aromatic carbocycles. The van der Waals surface area contributed by atoms with Crippen molar-refractivity contribution >= 4 is 23.5 Å². The van der Waals surface area contributed by atoms with Crippen molar-refractivity contribution in [2.75, 3.05) is 31.1 Å². The van der Waals surface area contributed by atoms with Gasteiger partial charge in [-0.3, -0.25) is 4.79 Å². The van der Waals surface area contributed by atoms with E-state index in [1.165, 1.54) is 0 Å². The van der Waals surface area contributed by atoms with Crippen molar-refractivity contribution in [3.63, 3.8) is 0 Å². The van der Waals surface area contributed by atoms with E-state index in [9.17, 15) is 4.79 Å². The largest absolute Gasteiger partial charge is 0.421 e. The minimum atomic E-state index is 0.0832. The normalized spacial score (nSPS) is 14.3. The van der Waals surface area contributed by atoms with Crippen LogP contribution in [0.3, 0.4) is 0 Å². The number of aryl methyl sites for hydroxylation is 1. The third-order valence-electron chi connectivity index (χ3n) is 4.58. The molecule has 0 spiro atoms. The van der Waals surface area contributed by atoms with E-state index in [1.807, 2.05) is 17.0 Å². The standard InChI is InChI=1S/C19H19ClN6O2/c20-15-4-2-14(3-5-15)18-24-23-16(28-18)6-7-17(27)25-10-12-26(13-11-25)19-21-8-1-9-22-19/h1-5,8-9H,6-7,10-13H2. The molecule has 9 heteroatoms. The highest BCUT2D eigenvalue weighted by atomic mass is 35.5. The molecule has 8 nitrogen and oxygen atoms in total. The molecule has 0 radical (unpaired) electrons. The molecule has 0 bridgehead atoms. The molecule has 4 rings (SSSR count). The Morgan fingerprint density at radius 2 is 1.75 bits per heavy atom. The molecule has 2 aromatic heterocycles. The molecule has 1 aliphatic heterocycles. The molecule has 144 valence electrons. The van der Waals surface area contributed by atoms with Crippen LogP contribution in [0.15, 0.2) is 47.1 Å². The minimum absolute atomic E-state index is 0.0832. The fourth-order valence-electron chi connectivity index (χ4n) is 3.05. The number of rotatable bonds is 5. The second-order valence-corrected chi connectivity index (χ2v) is 6.86. The molecule has 3 aromatic rings. The van der Waals surface area contributed by atoms with Gasteiger partial charge in [0.15, 0.2) is 0 Å². The van der Waals surface area contributed by atoms with E-state index in [1.54, 1.807) is 30.6 Å². The summed E-state index contributed by atoms with van der Waals surface area (Å²) in [6, 6.07) is 8.97. The minimum Gasteiger partial charge on any atom is -0.421 e. The number of nitrogens with zero attached hydrogens (tertiary/aromatic N) is 6. The number of amides is 1. The monoisotopic (exact) mass is 398 g/mol. The summed E-state index contributed by atoms with van der Waals surface area (Å²) in [5, 5.41) is 8.73. The average molecular weight is 399 g/mol. The maximum absolute atomic E-state index is 12.5. The Morgan fingerprint density at radius 1 is 1.04 bits per heavy atom. The predicted molar refractivity (Wildman–Crippen MR) is 104 cm³/mol. The van der Waals surface area contributed by atoms with Crippen molar-refractivity contribution in [3.05, 3.63) is 53.6 Å². The Bertz CT molecular complexity index is 923. The smallest absolute Gasteiger partial charge is 0.247 e. The number of carbonyl (C=O) groups is 1. The number of aromatic nitrogens is 4. The van der Waals surface area contributed by atoms with Crippen molar-refractivity contribution in [1.82, 2.24) is 25.1 Å². The van der Waals surface area contributed by atoms with Gasteiger partial charge in [0.1, 0.15) is 0 Å². The molecule has 0 atom stereocenters. The van der Waals surface area contributed by atoms with Crippen LogP contribution < -0.4 is 4.90 Å². The molecule has 28 heavy (non-hydrogen) atoms. The first-order chi connectivity index (χ1) is 13.7. The SMILES string of the molecule is O=C(CCc1nnc(-c2ccc(Cl)cc2)o1)N1CCN(c2ncccn2)CC1. The average Bonchev–Trinajstić information content (AvgIpc) is 3.22. The fourth-order valence-corrected chi connectivity index (χ4v) is 3.17. The molecule has 0 N–H and O–H groups in total. The maximum Gasteiger partial charge on any atom is 0.247 e. The summed E-state index contributed by atoms with van der Waals surface area (Å²) < 4.78 is 5.66. The van der Waals surface area contributed by atoms with Gasteiger partial charge in [0, 0.05) is 62.0 Å². The number of anilines is 1. The second-order valence-electron chi connectivity index (χ2n) is 6.42. The molecule has 1 fully saturated rings. The quantitative estimate of drug-likeness (QED) is 0.652.